The summed E-state index contributed by atoms with van der Waals surface area (Å²) in [7, 11) is 1.58. The lowest BCUT2D eigenvalue weighted by Crippen LogP contribution is -2.27. The molecule has 0 aromatic heterocycles. The highest BCUT2D eigenvalue weighted by Crippen LogP contribution is 2.25. The molecule has 92 valence electrons. The monoisotopic (exact) mass is 253 g/mol. The van der Waals surface area contributed by atoms with Crippen LogP contribution >= 0.6 is 11.8 Å². The van der Waals surface area contributed by atoms with Crippen molar-refractivity contribution in [2.45, 2.75) is 24.0 Å². The molecule has 1 unspecified atom stereocenters. The zero-order valence-corrected chi connectivity index (χ0v) is 10.8. The summed E-state index contributed by atoms with van der Waals surface area (Å²) in [5, 5.41) is 11.3. The maximum atomic E-state index is 11.4. The highest BCUT2D eigenvalue weighted by atomic mass is 32.2. The number of benzene rings is 1. The summed E-state index contributed by atoms with van der Waals surface area (Å²) in [6.07, 6.45) is 0. The van der Waals surface area contributed by atoms with Gasteiger partial charge in [-0.1, -0.05) is 6.07 Å². The number of hydrogen-bond donors (Lipinski definition) is 2. The highest BCUT2D eigenvalue weighted by Gasteiger charge is 2.14. The number of aromatic carboxylic acids is 1. The molecule has 2 N–H and O–H groups in total. The zero-order valence-electron chi connectivity index (χ0n) is 9.98. The number of nitrogens with one attached hydrogen (secondary N) is 1. The third-order valence-electron chi connectivity index (χ3n) is 2.37. The van der Waals surface area contributed by atoms with Gasteiger partial charge >= 0.3 is 5.97 Å². The van der Waals surface area contributed by atoms with E-state index in [1.165, 1.54) is 11.8 Å². The van der Waals surface area contributed by atoms with Gasteiger partial charge in [-0.05, 0) is 31.5 Å². The Labute approximate surface area is 104 Å². The van der Waals surface area contributed by atoms with Gasteiger partial charge in [-0.25, -0.2) is 4.79 Å². The van der Waals surface area contributed by atoms with Crippen molar-refractivity contribution in [2.24, 2.45) is 0 Å². The van der Waals surface area contributed by atoms with Gasteiger partial charge in [0.1, 0.15) is 0 Å². The maximum Gasteiger partial charge on any atom is 0.335 e. The van der Waals surface area contributed by atoms with Crippen LogP contribution in [0.15, 0.2) is 23.1 Å². The van der Waals surface area contributed by atoms with E-state index in [0.29, 0.717) is 0 Å². The van der Waals surface area contributed by atoms with Crippen LogP contribution in [-0.2, 0) is 4.79 Å². The first-order chi connectivity index (χ1) is 7.95. The summed E-state index contributed by atoms with van der Waals surface area (Å²) in [6.45, 7) is 3.53. The molecule has 0 radical (unpaired) electrons. The van der Waals surface area contributed by atoms with E-state index in [-0.39, 0.29) is 16.7 Å². The average molecular weight is 253 g/mol. The molecule has 1 amide bonds. The fourth-order valence-electron chi connectivity index (χ4n) is 1.37. The molecule has 0 saturated carbocycles. The summed E-state index contributed by atoms with van der Waals surface area (Å²) in [6, 6.07) is 5.18. The number of rotatable bonds is 4. The third-order valence-corrected chi connectivity index (χ3v) is 3.46. The van der Waals surface area contributed by atoms with E-state index in [2.05, 4.69) is 5.32 Å². The van der Waals surface area contributed by atoms with Crippen LogP contribution in [0.2, 0.25) is 0 Å². The fraction of sp³-hybridized carbons (Fsp3) is 0.333. The first-order valence-electron chi connectivity index (χ1n) is 5.18. The topological polar surface area (TPSA) is 66.4 Å². The molecule has 4 nitrogen and oxygen atoms in total. The summed E-state index contributed by atoms with van der Waals surface area (Å²) in [4.78, 5) is 23.1. The predicted molar refractivity (Wildman–Crippen MR) is 67.5 cm³/mol. The van der Waals surface area contributed by atoms with Crippen molar-refractivity contribution in [3.05, 3.63) is 29.3 Å². The van der Waals surface area contributed by atoms with Crippen molar-refractivity contribution in [3.8, 4) is 0 Å². The molecule has 0 aliphatic rings. The van der Waals surface area contributed by atoms with Crippen LogP contribution in [0, 0.1) is 6.92 Å². The van der Waals surface area contributed by atoms with Gasteiger partial charge in [0.25, 0.3) is 0 Å². The third kappa shape index (κ3) is 3.49. The van der Waals surface area contributed by atoms with Gasteiger partial charge in [-0.3, -0.25) is 4.79 Å². The second-order valence-corrected chi connectivity index (χ2v) is 5.07. The Morgan fingerprint density at radius 3 is 2.59 bits per heavy atom. The summed E-state index contributed by atoms with van der Waals surface area (Å²) >= 11 is 1.34. The van der Waals surface area contributed by atoms with E-state index in [1.54, 1.807) is 33.0 Å². The Morgan fingerprint density at radius 2 is 2.06 bits per heavy atom. The predicted octanol–water partition coefficient (Wildman–Crippen LogP) is 1.92. The van der Waals surface area contributed by atoms with Crippen LogP contribution in [0.3, 0.4) is 0 Å². The second kappa shape index (κ2) is 5.72. The maximum absolute atomic E-state index is 11.4. The number of carbonyl (C=O) groups is 2. The van der Waals surface area contributed by atoms with Crippen LogP contribution in [0.25, 0.3) is 0 Å². The largest absolute Gasteiger partial charge is 0.478 e. The minimum Gasteiger partial charge on any atom is -0.478 e. The average Bonchev–Trinajstić information content (AvgIpc) is 2.30. The molecule has 1 aromatic rings. The van der Waals surface area contributed by atoms with E-state index in [1.807, 2.05) is 6.07 Å². The van der Waals surface area contributed by atoms with Crippen LogP contribution in [0.4, 0.5) is 0 Å². The minimum absolute atomic E-state index is 0.0764. The van der Waals surface area contributed by atoms with Crippen molar-refractivity contribution in [1.82, 2.24) is 5.32 Å². The first kappa shape index (κ1) is 13.6. The lowest BCUT2D eigenvalue weighted by Gasteiger charge is -2.10. The number of carbonyl (C=O) groups excluding carboxylic acids is 1. The molecule has 0 aliphatic carbocycles. The molecule has 1 atom stereocenters. The van der Waals surface area contributed by atoms with Crippen LogP contribution in [-0.4, -0.2) is 29.3 Å². The molecular weight excluding hydrogens is 238 g/mol. The zero-order chi connectivity index (χ0) is 13.0. The van der Waals surface area contributed by atoms with Gasteiger partial charge in [0, 0.05) is 11.9 Å². The molecule has 17 heavy (non-hydrogen) atoms. The van der Waals surface area contributed by atoms with E-state index < -0.39 is 5.97 Å². The van der Waals surface area contributed by atoms with Crippen molar-refractivity contribution in [3.63, 3.8) is 0 Å². The molecule has 0 bridgehead atoms. The second-order valence-electron chi connectivity index (χ2n) is 3.66. The van der Waals surface area contributed by atoms with Crippen molar-refractivity contribution in [1.29, 1.82) is 0 Å². The molecule has 0 heterocycles. The van der Waals surface area contributed by atoms with Crippen LogP contribution < -0.4 is 5.32 Å². The Kier molecular flexibility index (Phi) is 4.57. The minimum atomic E-state index is -0.947. The molecular formula is C12H15NO3S. The summed E-state index contributed by atoms with van der Waals surface area (Å²) in [5.74, 6) is -1.02. The number of hydrogen-bond acceptors (Lipinski definition) is 3. The Bertz CT molecular complexity index is 445. The number of carboxylic acids is 1. The fourth-order valence-corrected chi connectivity index (χ4v) is 2.33. The van der Waals surface area contributed by atoms with E-state index in [9.17, 15) is 9.59 Å². The van der Waals surface area contributed by atoms with E-state index in [0.717, 1.165) is 10.5 Å². The van der Waals surface area contributed by atoms with Crippen molar-refractivity contribution < 1.29 is 14.7 Å². The van der Waals surface area contributed by atoms with Gasteiger partial charge in [0.2, 0.25) is 5.91 Å². The molecule has 0 spiro atoms. The standard InChI is InChI=1S/C12H15NO3S/c1-7-4-5-9(6-10(7)12(15)16)17-8(2)11(14)13-3/h4-6,8H,1-3H3,(H,13,14)(H,15,16). The summed E-state index contributed by atoms with van der Waals surface area (Å²) in [5.41, 5.74) is 0.994. The van der Waals surface area contributed by atoms with Gasteiger partial charge in [0.05, 0.1) is 10.8 Å². The first-order valence-corrected chi connectivity index (χ1v) is 6.06. The molecule has 1 rings (SSSR count). The van der Waals surface area contributed by atoms with Gasteiger partial charge in [-0.15, -0.1) is 11.8 Å². The van der Waals surface area contributed by atoms with Gasteiger partial charge in [-0.2, -0.15) is 0 Å². The van der Waals surface area contributed by atoms with E-state index >= 15 is 0 Å². The Morgan fingerprint density at radius 1 is 1.41 bits per heavy atom. The van der Waals surface area contributed by atoms with Crippen LogP contribution in [0.1, 0.15) is 22.8 Å². The SMILES string of the molecule is CNC(=O)C(C)Sc1ccc(C)c(C(=O)O)c1. The molecule has 0 fully saturated rings. The highest BCUT2D eigenvalue weighted by molar-refractivity contribution is 8.00. The summed E-state index contributed by atoms with van der Waals surface area (Å²) < 4.78 is 0. The quantitative estimate of drug-likeness (QED) is 0.804. The number of amides is 1. The van der Waals surface area contributed by atoms with Crippen molar-refractivity contribution >= 4 is 23.6 Å². The lowest BCUT2D eigenvalue weighted by atomic mass is 10.1. The molecule has 5 heteroatoms. The van der Waals surface area contributed by atoms with Crippen molar-refractivity contribution in [2.75, 3.05) is 7.05 Å². The number of carboxylic acid groups (broad SMARTS) is 1. The smallest absolute Gasteiger partial charge is 0.335 e. The lowest BCUT2D eigenvalue weighted by molar-refractivity contribution is -0.119. The van der Waals surface area contributed by atoms with E-state index in [4.69, 9.17) is 5.11 Å². The molecule has 0 aliphatic heterocycles. The van der Waals surface area contributed by atoms with Gasteiger partial charge in [0.15, 0.2) is 0 Å². The molecule has 0 saturated heterocycles. The Balaban J connectivity index is 2.90. The normalized spacial score (nSPS) is 11.9. The van der Waals surface area contributed by atoms with Crippen LogP contribution in [0.5, 0.6) is 0 Å². The van der Waals surface area contributed by atoms with Gasteiger partial charge < -0.3 is 10.4 Å². The number of aryl methyl sites for hydroxylation is 1. The Hall–Kier alpha value is -1.49. The molecule has 1 aromatic carbocycles. The number of thioether (sulfide) groups is 1.